The van der Waals surface area contributed by atoms with Crippen LogP contribution in [0.1, 0.15) is 11.4 Å². The third-order valence-corrected chi connectivity index (χ3v) is 2.76. The van der Waals surface area contributed by atoms with E-state index in [1.165, 1.54) is 0 Å². The minimum Gasteiger partial charge on any atom is -0.355 e. The van der Waals surface area contributed by atoms with Crippen molar-refractivity contribution < 1.29 is 4.79 Å². The summed E-state index contributed by atoms with van der Waals surface area (Å²) in [6.07, 6.45) is 0.788. The molecule has 1 amide bonds. The zero-order valence-corrected chi connectivity index (χ0v) is 10.3. The summed E-state index contributed by atoms with van der Waals surface area (Å²) >= 11 is 5.39. The molecule has 0 bridgehead atoms. The smallest absolute Gasteiger partial charge is 0.234 e. The Morgan fingerprint density at radius 2 is 2.35 bits per heavy atom. The zero-order valence-electron chi connectivity index (χ0n) is 9.59. The number of fused-ring (bicyclic) bond motifs is 1. The van der Waals surface area contributed by atoms with E-state index in [1.54, 1.807) is 0 Å². The number of aromatic nitrogens is 2. The first-order valence-electron chi connectivity index (χ1n) is 5.47. The van der Waals surface area contributed by atoms with Gasteiger partial charge in [-0.2, -0.15) is 0 Å². The van der Waals surface area contributed by atoms with Gasteiger partial charge in [0.2, 0.25) is 5.91 Å². The third-order valence-electron chi connectivity index (χ3n) is 2.52. The number of nitrogens with one attached hydrogen (secondary N) is 2. The van der Waals surface area contributed by atoms with Crippen LogP contribution in [0, 0.1) is 6.92 Å². The number of amides is 1. The summed E-state index contributed by atoms with van der Waals surface area (Å²) in [6.45, 7) is 2.53. The molecule has 17 heavy (non-hydrogen) atoms. The van der Waals surface area contributed by atoms with Crippen LogP contribution < -0.4 is 5.32 Å². The Morgan fingerprint density at radius 1 is 1.53 bits per heavy atom. The lowest BCUT2D eigenvalue weighted by Gasteiger charge is -2.03. The van der Waals surface area contributed by atoms with E-state index in [0.29, 0.717) is 6.54 Å². The lowest BCUT2D eigenvalue weighted by Crippen LogP contribution is -2.26. The fourth-order valence-electron chi connectivity index (χ4n) is 1.73. The highest BCUT2D eigenvalue weighted by Crippen LogP contribution is 2.13. The van der Waals surface area contributed by atoms with Gasteiger partial charge < -0.3 is 10.3 Å². The van der Waals surface area contributed by atoms with Crippen molar-refractivity contribution in [2.75, 3.05) is 12.4 Å². The van der Waals surface area contributed by atoms with Crippen LogP contribution in [0.4, 0.5) is 0 Å². The molecule has 0 aliphatic rings. The minimum absolute atomic E-state index is 0.0127. The summed E-state index contributed by atoms with van der Waals surface area (Å²) in [6, 6.07) is 6.06. The molecule has 2 aromatic rings. The number of carbonyl (C=O) groups excluding carboxylic acids is 1. The molecule has 1 heterocycles. The van der Waals surface area contributed by atoms with Crippen molar-refractivity contribution in [3.8, 4) is 0 Å². The molecule has 0 saturated carbocycles. The fraction of sp³-hybridized carbons (Fsp3) is 0.333. The van der Waals surface area contributed by atoms with E-state index in [0.717, 1.165) is 28.8 Å². The zero-order chi connectivity index (χ0) is 12.3. The number of imidazole rings is 1. The predicted molar refractivity (Wildman–Crippen MR) is 68.3 cm³/mol. The van der Waals surface area contributed by atoms with Gasteiger partial charge in [-0.05, 0) is 31.0 Å². The fourth-order valence-corrected chi connectivity index (χ4v) is 1.83. The van der Waals surface area contributed by atoms with Gasteiger partial charge in [-0.1, -0.05) is 6.07 Å². The number of aryl methyl sites for hydroxylation is 1. The molecule has 0 aliphatic heterocycles. The highest BCUT2D eigenvalue weighted by Gasteiger charge is 2.02. The first kappa shape index (κ1) is 11.9. The third kappa shape index (κ3) is 2.97. The van der Waals surface area contributed by atoms with Gasteiger partial charge in [-0.3, -0.25) is 4.79 Å². The summed E-state index contributed by atoms with van der Waals surface area (Å²) in [5.74, 6) is 0.788. The molecular formula is C12H14ClN3O. The maximum absolute atomic E-state index is 11.0. The Kier molecular flexibility index (Phi) is 3.64. The van der Waals surface area contributed by atoms with Crippen LogP contribution in [0.2, 0.25) is 0 Å². The first-order valence-corrected chi connectivity index (χ1v) is 6.00. The summed E-state index contributed by atoms with van der Waals surface area (Å²) in [7, 11) is 0. The van der Waals surface area contributed by atoms with Crippen molar-refractivity contribution in [1.29, 1.82) is 0 Å². The largest absolute Gasteiger partial charge is 0.355 e. The van der Waals surface area contributed by atoms with Crippen LogP contribution in [-0.4, -0.2) is 28.3 Å². The normalized spacial score (nSPS) is 10.7. The molecule has 0 saturated heterocycles. The average molecular weight is 252 g/mol. The Labute approximate surface area is 104 Å². The van der Waals surface area contributed by atoms with E-state index in [4.69, 9.17) is 11.6 Å². The lowest BCUT2D eigenvalue weighted by atomic mass is 10.1. The predicted octanol–water partition coefficient (Wildman–Crippen LogP) is 1.77. The maximum Gasteiger partial charge on any atom is 0.234 e. The monoisotopic (exact) mass is 251 g/mol. The van der Waals surface area contributed by atoms with E-state index in [1.807, 2.05) is 19.1 Å². The second kappa shape index (κ2) is 5.19. The van der Waals surface area contributed by atoms with E-state index >= 15 is 0 Å². The topological polar surface area (TPSA) is 57.8 Å². The molecule has 2 N–H and O–H groups in total. The number of benzene rings is 1. The number of alkyl halides is 1. The van der Waals surface area contributed by atoms with Gasteiger partial charge in [0.05, 0.1) is 11.0 Å². The Morgan fingerprint density at radius 3 is 3.12 bits per heavy atom. The highest BCUT2D eigenvalue weighted by molar-refractivity contribution is 6.27. The second-order valence-electron chi connectivity index (χ2n) is 3.91. The van der Waals surface area contributed by atoms with Crippen molar-refractivity contribution in [1.82, 2.24) is 15.3 Å². The molecular weight excluding hydrogens is 238 g/mol. The summed E-state index contributed by atoms with van der Waals surface area (Å²) in [4.78, 5) is 18.5. The van der Waals surface area contributed by atoms with Crippen LogP contribution in [0.3, 0.4) is 0 Å². The molecule has 5 heteroatoms. The number of nitrogens with zero attached hydrogens (tertiary/aromatic N) is 1. The minimum atomic E-state index is -0.134. The average Bonchev–Trinajstić information content (AvgIpc) is 2.68. The molecule has 0 fully saturated rings. The summed E-state index contributed by atoms with van der Waals surface area (Å²) in [5, 5.41) is 2.74. The summed E-state index contributed by atoms with van der Waals surface area (Å²) in [5.41, 5.74) is 3.16. The van der Waals surface area contributed by atoms with Crippen molar-refractivity contribution in [3.05, 3.63) is 29.6 Å². The second-order valence-corrected chi connectivity index (χ2v) is 4.17. The first-order chi connectivity index (χ1) is 8.19. The summed E-state index contributed by atoms with van der Waals surface area (Å²) < 4.78 is 0. The molecule has 0 aliphatic carbocycles. The van der Waals surface area contributed by atoms with Crippen molar-refractivity contribution >= 4 is 28.5 Å². The number of H-pyrrole nitrogens is 1. The number of halogens is 1. The molecule has 2 rings (SSSR count). The number of hydrogen-bond donors (Lipinski definition) is 2. The molecule has 90 valence electrons. The van der Waals surface area contributed by atoms with Crippen LogP contribution >= 0.6 is 11.6 Å². The van der Waals surface area contributed by atoms with E-state index < -0.39 is 0 Å². The van der Waals surface area contributed by atoms with Gasteiger partial charge in [0, 0.05) is 6.54 Å². The van der Waals surface area contributed by atoms with Gasteiger partial charge in [0.25, 0.3) is 0 Å². The molecule has 0 radical (unpaired) electrons. The highest BCUT2D eigenvalue weighted by atomic mass is 35.5. The number of aromatic amines is 1. The quantitative estimate of drug-likeness (QED) is 0.814. The molecule has 4 nitrogen and oxygen atoms in total. The van der Waals surface area contributed by atoms with Gasteiger partial charge >= 0.3 is 0 Å². The van der Waals surface area contributed by atoms with Crippen LogP contribution in [0.25, 0.3) is 11.0 Å². The Balaban J connectivity index is 2.01. The van der Waals surface area contributed by atoms with Crippen molar-refractivity contribution in [2.24, 2.45) is 0 Å². The molecule has 0 unspecified atom stereocenters. The van der Waals surface area contributed by atoms with Crippen LogP contribution in [-0.2, 0) is 11.2 Å². The van der Waals surface area contributed by atoms with E-state index in [-0.39, 0.29) is 11.8 Å². The number of carbonyl (C=O) groups is 1. The molecule has 1 aromatic carbocycles. The number of hydrogen-bond acceptors (Lipinski definition) is 2. The molecule has 1 aromatic heterocycles. The van der Waals surface area contributed by atoms with Gasteiger partial charge in [0.15, 0.2) is 0 Å². The van der Waals surface area contributed by atoms with Gasteiger partial charge in [0.1, 0.15) is 11.7 Å². The van der Waals surface area contributed by atoms with Crippen LogP contribution in [0.15, 0.2) is 18.2 Å². The Bertz CT molecular complexity index is 536. The SMILES string of the molecule is Cc1nc2ccc(CCNC(=O)CCl)cc2[nH]1. The van der Waals surface area contributed by atoms with E-state index in [9.17, 15) is 4.79 Å². The van der Waals surface area contributed by atoms with Gasteiger partial charge in [-0.25, -0.2) is 4.98 Å². The Hall–Kier alpha value is -1.55. The van der Waals surface area contributed by atoms with Crippen LogP contribution in [0.5, 0.6) is 0 Å². The standard InChI is InChI=1S/C12H14ClN3O/c1-8-15-10-3-2-9(6-11(10)16-8)4-5-14-12(17)7-13/h2-3,6H,4-5,7H2,1H3,(H,14,17)(H,15,16). The molecule has 0 atom stereocenters. The number of rotatable bonds is 4. The van der Waals surface area contributed by atoms with E-state index in [2.05, 4.69) is 21.4 Å². The molecule has 0 spiro atoms. The lowest BCUT2D eigenvalue weighted by molar-refractivity contribution is -0.118. The van der Waals surface area contributed by atoms with Gasteiger partial charge in [-0.15, -0.1) is 11.6 Å². The van der Waals surface area contributed by atoms with Crippen molar-refractivity contribution in [2.45, 2.75) is 13.3 Å². The van der Waals surface area contributed by atoms with Crippen molar-refractivity contribution in [3.63, 3.8) is 0 Å². The maximum atomic E-state index is 11.0.